The van der Waals surface area contributed by atoms with E-state index in [1.165, 1.54) is 16.8 Å². The van der Waals surface area contributed by atoms with Crippen molar-refractivity contribution < 1.29 is 9.63 Å². The van der Waals surface area contributed by atoms with Gasteiger partial charge >= 0.3 is 5.69 Å². The van der Waals surface area contributed by atoms with Gasteiger partial charge in [0, 0.05) is 25.7 Å². The molecule has 1 aromatic carbocycles. The van der Waals surface area contributed by atoms with E-state index in [-0.39, 0.29) is 18.9 Å². The molecule has 0 aliphatic rings. The molecule has 8 nitrogen and oxygen atoms in total. The Morgan fingerprint density at radius 1 is 1.20 bits per heavy atom. The highest BCUT2D eigenvalue weighted by Crippen LogP contribution is 2.17. The van der Waals surface area contributed by atoms with E-state index in [0.717, 1.165) is 15.7 Å². The molecule has 0 fully saturated rings. The molecule has 3 aromatic rings. The predicted octanol–water partition coefficient (Wildman–Crippen LogP) is 0.563. The van der Waals surface area contributed by atoms with Gasteiger partial charge in [-0.25, -0.2) is 4.79 Å². The number of rotatable bonds is 5. The van der Waals surface area contributed by atoms with E-state index < -0.39 is 17.4 Å². The quantitative estimate of drug-likeness (QED) is 0.727. The molecule has 0 bridgehead atoms. The number of aryl methyl sites for hydroxylation is 2. The number of nitrogens with zero attached hydrogens (tertiary/aromatic N) is 4. The van der Waals surface area contributed by atoms with Gasteiger partial charge in [0.2, 0.25) is 5.89 Å². The van der Waals surface area contributed by atoms with Gasteiger partial charge < -0.3 is 14.2 Å². The van der Waals surface area contributed by atoms with Crippen molar-refractivity contribution in [3.8, 4) is 0 Å². The third-order valence-electron chi connectivity index (χ3n) is 3.88. The molecule has 1 N–H and O–H groups in total. The molecule has 25 heavy (non-hydrogen) atoms. The number of aromatic nitrogens is 4. The predicted molar refractivity (Wildman–Crippen MR) is 89.2 cm³/mol. The third-order valence-corrected chi connectivity index (χ3v) is 3.88. The van der Waals surface area contributed by atoms with E-state index >= 15 is 0 Å². The van der Waals surface area contributed by atoms with E-state index in [9.17, 15) is 14.7 Å². The molecule has 0 aliphatic heterocycles. The highest BCUT2D eigenvalue weighted by atomic mass is 16.5. The molecule has 0 spiro atoms. The fourth-order valence-electron chi connectivity index (χ4n) is 2.41. The van der Waals surface area contributed by atoms with Crippen LogP contribution in [0.25, 0.3) is 0 Å². The molecule has 0 aliphatic carbocycles. The second kappa shape index (κ2) is 6.86. The Morgan fingerprint density at radius 2 is 1.92 bits per heavy atom. The summed E-state index contributed by atoms with van der Waals surface area (Å²) >= 11 is 0. The van der Waals surface area contributed by atoms with Gasteiger partial charge in [-0.15, -0.1) is 0 Å². The molecule has 0 saturated carbocycles. The zero-order chi connectivity index (χ0) is 18.0. The maximum absolute atomic E-state index is 12.0. The van der Waals surface area contributed by atoms with Crippen LogP contribution >= 0.6 is 0 Å². The minimum Gasteiger partial charge on any atom is -0.388 e. The Hall–Kier alpha value is -3.00. The van der Waals surface area contributed by atoms with E-state index in [4.69, 9.17) is 4.52 Å². The van der Waals surface area contributed by atoms with Crippen molar-refractivity contribution in [3.05, 3.63) is 80.2 Å². The molecule has 0 amide bonds. The summed E-state index contributed by atoms with van der Waals surface area (Å²) in [5.41, 5.74) is 0.951. The van der Waals surface area contributed by atoms with E-state index in [1.54, 1.807) is 7.05 Å². The monoisotopic (exact) mass is 342 g/mol. The lowest BCUT2D eigenvalue weighted by Crippen LogP contribution is -2.38. The van der Waals surface area contributed by atoms with Gasteiger partial charge in [-0.1, -0.05) is 35.0 Å². The van der Waals surface area contributed by atoms with Gasteiger partial charge in [0.05, 0.1) is 6.10 Å². The Bertz CT molecular complexity index is 985. The first-order valence-electron chi connectivity index (χ1n) is 7.76. The Kier molecular flexibility index (Phi) is 4.62. The highest BCUT2D eigenvalue weighted by molar-refractivity contribution is 5.23. The average molecular weight is 342 g/mol. The number of hydrogen-bond acceptors (Lipinski definition) is 6. The number of benzene rings is 1. The lowest BCUT2D eigenvalue weighted by atomic mass is 10.0. The van der Waals surface area contributed by atoms with Crippen LogP contribution in [0.2, 0.25) is 0 Å². The summed E-state index contributed by atoms with van der Waals surface area (Å²) in [6.45, 7) is 1.86. The minimum absolute atomic E-state index is 0.111. The smallest absolute Gasteiger partial charge is 0.331 e. The van der Waals surface area contributed by atoms with Crippen molar-refractivity contribution in [1.82, 2.24) is 19.3 Å². The molecule has 1 atom stereocenters. The molecule has 130 valence electrons. The number of hydrogen-bond donors (Lipinski definition) is 1. The van der Waals surface area contributed by atoms with Gasteiger partial charge in [-0.05, 0) is 12.5 Å². The number of aliphatic hydroxyl groups is 1. The second-order valence-corrected chi connectivity index (χ2v) is 5.87. The van der Waals surface area contributed by atoms with Crippen molar-refractivity contribution in [2.45, 2.75) is 26.0 Å². The summed E-state index contributed by atoms with van der Waals surface area (Å²) in [6.07, 6.45) is 0.811. The van der Waals surface area contributed by atoms with Gasteiger partial charge in [0.25, 0.3) is 5.56 Å². The van der Waals surface area contributed by atoms with Crippen molar-refractivity contribution in [1.29, 1.82) is 0 Å². The summed E-state index contributed by atoms with van der Waals surface area (Å²) in [5, 5.41) is 14.1. The van der Waals surface area contributed by atoms with Crippen molar-refractivity contribution in [3.63, 3.8) is 0 Å². The standard InChI is InChI=1S/C17H18N4O4/c1-11-3-5-12(6-4-11)13(22)9-14-18-15(25-19-14)10-21-16(23)7-8-20(2)17(21)24/h3-8,13,22H,9-10H2,1-2H3/t13-/m0/s1. The summed E-state index contributed by atoms with van der Waals surface area (Å²) in [5.74, 6) is 0.445. The molecule has 0 saturated heterocycles. The molecule has 0 radical (unpaired) electrons. The van der Waals surface area contributed by atoms with Gasteiger partial charge in [-0.3, -0.25) is 9.36 Å². The summed E-state index contributed by atoms with van der Waals surface area (Å²) in [4.78, 5) is 28.0. The fourth-order valence-corrected chi connectivity index (χ4v) is 2.41. The van der Waals surface area contributed by atoms with Crippen LogP contribution in [-0.4, -0.2) is 24.4 Å². The van der Waals surface area contributed by atoms with Crippen LogP contribution in [0.3, 0.4) is 0 Å². The Labute approximate surface area is 143 Å². The topological polar surface area (TPSA) is 103 Å². The van der Waals surface area contributed by atoms with Crippen LogP contribution in [0.1, 0.15) is 28.9 Å². The molecule has 2 aromatic heterocycles. The number of aliphatic hydroxyl groups excluding tert-OH is 1. The molecular formula is C17H18N4O4. The lowest BCUT2D eigenvalue weighted by Gasteiger charge is -2.08. The van der Waals surface area contributed by atoms with Gasteiger partial charge in [0.15, 0.2) is 5.82 Å². The first-order chi connectivity index (χ1) is 11.9. The van der Waals surface area contributed by atoms with E-state index in [1.807, 2.05) is 31.2 Å². The Balaban J connectivity index is 1.75. The molecule has 0 unspecified atom stereocenters. The fraction of sp³-hybridized carbons (Fsp3) is 0.294. The van der Waals surface area contributed by atoms with Crippen molar-refractivity contribution in [2.24, 2.45) is 7.05 Å². The summed E-state index contributed by atoms with van der Waals surface area (Å²) in [6, 6.07) is 8.80. The lowest BCUT2D eigenvalue weighted by molar-refractivity contribution is 0.174. The molecule has 2 heterocycles. The zero-order valence-electron chi connectivity index (χ0n) is 13.9. The summed E-state index contributed by atoms with van der Waals surface area (Å²) < 4.78 is 7.39. The van der Waals surface area contributed by atoms with Crippen LogP contribution in [-0.2, 0) is 20.0 Å². The van der Waals surface area contributed by atoms with Crippen LogP contribution in [0.15, 0.2) is 50.6 Å². The highest BCUT2D eigenvalue weighted by Gasteiger charge is 2.15. The van der Waals surface area contributed by atoms with Crippen LogP contribution in [0, 0.1) is 6.92 Å². The van der Waals surface area contributed by atoms with Crippen LogP contribution in [0.5, 0.6) is 0 Å². The first kappa shape index (κ1) is 16.8. The van der Waals surface area contributed by atoms with E-state index in [2.05, 4.69) is 10.1 Å². The molecular weight excluding hydrogens is 324 g/mol. The Morgan fingerprint density at radius 3 is 2.64 bits per heavy atom. The zero-order valence-corrected chi connectivity index (χ0v) is 13.9. The first-order valence-corrected chi connectivity index (χ1v) is 7.76. The molecule has 3 rings (SSSR count). The van der Waals surface area contributed by atoms with Gasteiger partial charge in [-0.2, -0.15) is 4.98 Å². The maximum atomic E-state index is 12.0. The molecule has 8 heteroatoms. The SMILES string of the molecule is Cc1ccc([C@@H](O)Cc2noc(Cn3c(=O)ccn(C)c3=O)n2)cc1. The second-order valence-electron chi connectivity index (χ2n) is 5.87. The van der Waals surface area contributed by atoms with Crippen molar-refractivity contribution >= 4 is 0 Å². The van der Waals surface area contributed by atoms with Crippen molar-refractivity contribution in [2.75, 3.05) is 0 Å². The maximum Gasteiger partial charge on any atom is 0.331 e. The average Bonchev–Trinajstić information content (AvgIpc) is 3.03. The third kappa shape index (κ3) is 3.74. The van der Waals surface area contributed by atoms with E-state index in [0.29, 0.717) is 5.82 Å². The normalized spacial score (nSPS) is 12.3. The van der Waals surface area contributed by atoms with Crippen LogP contribution < -0.4 is 11.2 Å². The minimum atomic E-state index is -0.765. The van der Waals surface area contributed by atoms with Gasteiger partial charge in [0.1, 0.15) is 6.54 Å². The largest absolute Gasteiger partial charge is 0.388 e. The summed E-state index contributed by atoms with van der Waals surface area (Å²) in [7, 11) is 1.55. The van der Waals surface area contributed by atoms with Crippen LogP contribution in [0.4, 0.5) is 0 Å².